The molecule has 4 rings (SSSR count). The number of hydrogen-bond acceptors (Lipinski definition) is 6. The second-order valence-electron chi connectivity index (χ2n) is 8.05. The number of thiocarbonyl (C=S) groups is 1. The van der Waals surface area contributed by atoms with Crippen LogP contribution in [0.3, 0.4) is 0 Å². The Morgan fingerprint density at radius 1 is 0.970 bits per heavy atom. The molecule has 3 aromatic rings. The fraction of sp³-hybridized carbons (Fsp3) is 0.320. The number of nitrogens with one attached hydrogen (secondary N) is 2. The topological polar surface area (TPSA) is 72.5 Å². The van der Waals surface area contributed by atoms with E-state index in [-0.39, 0.29) is 5.97 Å². The van der Waals surface area contributed by atoms with E-state index in [0.717, 1.165) is 64.7 Å². The summed E-state index contributed by atoms with van der Waals surface area (Å²) in [4.78, 5) is 18.3. The molecule has 33 heavy (non-hydrogen) atoms. The number of aromatic nitrogens is 1. The van der Waals surface area contributed by atoms with Gasteiger partial charge in [0.25, 0.3) is 0 Å². The Labute approximate surface area is 203 Å². The van der Waals surface area contributed by atoms with Crippen molar-refractivity contribution in [3.8, 4) is 16.2 Å². The Balaban J connectivity index is 1.43. The van der Waals surface area contributed by atoms with Crippen molar-refractivity contribution in [2.24, 2.45) is 0 Å². The highest BCUT2D eigenvalue weighted by Crippen LogP contribution is 2.43. The van der Waals surface area contributed by atoms with Gasteiger partial charge in [-0.25, -0.2) is 4.98 Å². The molecule has 1 heterocycles. The number of thiazole rings is 1. The van der Waals surface area contributed by atoms with E-state index >= 15 is 0 Å². The Kier molecular flexibility index (Phi) is 7.25. The lowest BCUT2D eigenvalue weighted by molar-refractivity contribution is -0.149. The molecule has 1 saturated carbocycles. The smallest absolute Gasteiger partial charge is 0.318 e. The maximum Gasteiger partial charge on any atom is 0.318 e. The van der Waals surface area contributed by atoms with Crippen LogP contribution in [0.1, 0.15) is 37.1 Å². The van der Waals surface area contributed by atoms with Gasteiger partial charge in [0, 0.05) is 17.6 Å². The zero-order valence-electron chi connectivity index (χ0n) is 18.7. The van der Waals surface area contributed by atoms with Crippen LogP contribution < -0.4 is 15.4 Å². The second kappa shape index (κ2) is 10.3. The van der Waals surface area contributed by atoms with Crippen molar-refractivity contribution in [1.82, 2.24) is 4.98 Å². The third-order valence-corrected chi connectivity index (χ3v) is 7.43. The number of methoxy groups -OCH3 is 2. The summed E-state index contributed by atoms with van der Waals surface area (Å²) < 4.78 is 10.3. The first-order valence-corrected chi connectivity index (χ1v) is 12.1. The Hall–Kier alpha value is -2.97. The van der Waals surface area contributed by atoms with Gasteiger partial charge in [0.1, 0.15) is 16.2 Å². The number of nitrogens with zero attached hydrogens (tertiary/aromatic N) is 1. The number of ether oxygens (including phenoxy) is 2. The normalized spacial score (nSPS) is 14.8. The van der Waals surface area contributed by atoms with Gasteiger partial charge in [-0.05, 0) is 67.0 Å². The van der Waals surface area contributed by atoms with Gasteiger partial charge >= 0.3 is 5.97 Å². The van der Waals surface area contributed by atoms with Gasteiger partial charge in [-0.1, -0.05) is 31.4 Å². The number of esters is 1. The first kappa shape index (κ1) is 23.2. The van der Waals surface area contributed by atoms with Crippen LogP contribution in [-0.2, 0) is 14.9 Å². The molecule has 1 fully saturated rings. The average molecular weight is 482 g/mol. The van der Waals surface area contributed by atoms with Crippen molar-refractivity contribution in [3.63, 3.8) is 0 Å². The van der Waals surface area contributed by atoms with Crippen molar-refractivity contribution in [3.05, 3.63) is 59.7 Å². The summed E-state index contributed by atoms with van der Waals surface area (Å²) in [5.74, 6) is 0.628. The van der Waals surface area contributed by atoms with Crippen LogP contribution in [0.15, 0.2) is 54.7 Å². The van der Waals surface area contributed by atoms with Gasteiger partial charge in [0.05, 0.1) is 19.1 Å². The molecule has 1 aliphatic carbocycles. The number of hydrogen-bond donors (Lipinski definition) is 2. The average Bonchev–Trinajstić information content (AvgIpc) is 3.36. The molecule has 172 valence electrons. The fourth-order valence-electron chi connectivity index (χ4n) is 4.17. The van der Waals surface area contributed by atoms with Crippen LogP contribution in [0, 0.1) is 0 Å². The summed E-state index contributed by atoms with van der Waals surface area (Å²) in [6.45, 7) is 0. The summed E-state index contributed by atoms with van der Waals surface area (Å²) in [5, 5.41) is 7.72. The molecule has 0 amide bonds. The minimum atomic E-state index is -0.600. The summed E-state index contributed by atoms with van der Waals surface area (Å²) in [5.41, 5.74) is 2.21. The molecule has 0 unspecified atom stereocenters. The largest absolute Gasteiger partial charge is 0.497 e. The highest BCUT2D eigenvalue weighted by molar-refractivity contribution is 7.80. The molecule has 1 aliphatic rings. The highest BCUT2D eigenvalue weighted by atomic mass is 32.1. The van der Waals surface area contributed by atoms with Gasteiger partial charge < -0.3 is 20.1 Å². The highest BCUT2D eigenvalue weighted by Gasteiger charge is 2.44. The second-order valence-corrected chi connectivity index (χ2v) is 9.49. The zero-order chi connectivity index (χ0) is 23.3. The third-order valence-electron chi connectivity index (χ3n) is 5.97. The molecule has 6 nitrogen and oxygen atoms in total. The minimum Gasteiger partial charge on any atom is -0.497 e. The summed E-state index contributed by atoms with van der Waals surface area (Å²) in [7, 11) is 3.10. The van der Waals surface area contributed by atoms with Gasteiger partial charge in [-0.2, -0.15) is 0 Å². The molecule has 0 bridgehead atoms. The predicted molar refractivity (Wildman–Crippen MR) is 137 cm³/mol. The summed E-state index contributed by atoms with van der Waals surface area (Å²) >= 11 is 7.00. The van der Waals surface area contributed by atoms with Crippen molar-refractivity contribution in [2.75, 3.05) is 24.9 Å². The zero-order valence-corrected chi connectivity index (χ0v) is 20.4. The quantitative estimate of drug-likeness (QED) is 0.330. The Morgan fingerprint density at radius 3 is 2.15 bits per heavy atom. The standard InChI is InChI=1S/C25H27N3O3S2/c1-30-20-12-10-19(11-13-20)28-24(32)27-18-8-6-17(7-9-18)21-16-26-22(33-21)25(23(29)31-2)14-4-3-5-15-25/h6-13,16H,3-5,14-15H2,1-2H3,(H2,27,28,32). The molecule has 2 aromatic carbocycles. The van der Waals surface area contributed by atoms with Crippen molar-refractivity contribution in [2.45, 2.75) is 37.5 Å². The molecule has 0 radical (unpaired) electrons. The number of benzene rings is 2. The number of carbonyl (C=O) groups is 1. The minimum absolute atomic E-state index is 0.166. The molecule has 0 aliphatic heterocycles. The van der Waals surface area contributed by atoms with Crippen molar-refractivity contribution < 1.29 is 14.3 Å². The van der Waals surface area contributed by atoms with Crippen molar-refractivity contribution >= 4 is 46.0 Å². The molecule has 0 saturated heterocycles. The van der Waals surface area contributed by atoms with E-state index in [1.54, 1.807) is 18.4 Å². The van der Waals surface area contributed by atoms with E-state index < -0.39 is 5.41 Å². The SMILES string of the molecule is COC(=O)C1(c2ncc(-c3ccc(NC(=S)Nc4ccc(OC)cc4)cc3)s2)CCCCC1. The van der Waals surface area contributed by atoms with E-state index in [1.807, 2.05) is 54.7 Å². The van der Waals surface area contributed by atoms with Crippen molar-refractivity contribution in [1.29, 1.82) is 0 Å². The molecular formula is C25H27N3O3S2. The summed E-state index contributed by atoms with van der Waals surface area (Å²) in [6, 6.07) is 15.6. The first-order valence-electron chi connectivity index (χ1n) is 10.9. The molecule has 0 atom stereocenters. The fourth-order valence-corrected chi connectivity index (χ4v) is 5.56. The van der Waals surface area contributed by atoms with Crippen LogP contribution in [0.5, 0.6) is 5.75 Å². The first-order chi connectivity index (χ1) is 16.0. The van der Waals surface area contributed by atoms with Gasteiger partial charge in [0.15, 0.2) is 5.11 Å². The lowest BCUT2D eigenvalue weighted by Crippen LogP contribution is -2.38. The third kappa shape index (κ3) is 5.17. The van der Waals surface area contributed by atoms with E-state index in [2.05, 4.69) is 15.6 Å². The van der Waals surface area contributed by atoms with Crippen LogP contribution in [-0.4, -0.2) is 30.3 Å². The van der Waals surface area contributed by atoms with Crippen LogP contribution in [0.25, 0.3) is 10.4 Å². The summed E-state index contributed by atoms with van der Waals surface area (Å²) in [6.07, 6.45) is 6.66. The predicted octanol–water partition coefficient (Wildman–Crippen LogP) is 6.00. The maximum atomic E-state index is 12.7. The number of anilines is 2. The molecule has 8 heteroatoms. The van der Waals surface area contributed by atoms with Crippen LogP contribution >= 0.6 is 23.6 Å². The molecule has 2 N–H and O–H groups in total. The van der Waals surface area contributed by atoms with Crippen LogP contribution in [0.4, 0.5) is 11.4 Å². The van der Waals surface area contributed by atoms with E-state index in [9.17, 15) is 4.79 Å². The van der Waals surface area contributed by atoms with E-state index in [0.29, 0.717) is 5.11 Å². The van der Waals surface area contributed by atoms with E-state index in [1.165, 1.54) is 7.11 Å². The number of rotatable bonds is 6. The molecule has 1 aromatic heterocycles. The monoisotopic (exact) mass is 481 g/mol. The van der Waals surface area contributed by atoms with Gasteiger partial charge in [-0.15, -0.1) is 11.3 Å². The van der Waals surface area contributed by atoms with Gasteiger partial charge in [0.2, 0.25) is 0 Å². The lowest BCUT2D eigenvalue weighted by atomic mass is 9.74. The lowest BCUT2D eigenvalue weighted by Gasteiger charge is -2.32. The Morgan fingerprint density at radius 2 is 1.58 bits per heavy atom. The van der Waals surface area contributed by atoms with Gasteiger partial charge in [-0.3, -0.25) is 4.79 Å². The number of carbonyl (C=O) groups excluding carboxylic acids is 1. The Bertz CT molecular complexity index is 1100. The van der Waals surface area contributed by atoms with E-state index in [4.69, 9.17) is 21.7 Å². The molecule has 0 spiro atoms. The maximum absolute atomic E-state index is 12.7. The molecular weight excluding hydrogens is 454 g/mol. The van der Waals surface area contributed by atoms with Crippen LogP contribution in [0.2, 0.25) is 0 Å².